The van der Waals surface area contributed by atoms with Gasteiger partial charge in [-0.2, -0.15) is 0 Å². The molecule has 0 fully saturated rings. The van der Waals surface area contributed by atoms with Gasteiger partial charge in [0, 0.05) is 11.1 Å². The lowest BCUT2D eigenvalue weighted by Gasteiger charge is -2.35. The lowest BCUT2D eigenvalue weighted by molar-refractivity contribution is -0.290. The molecular weight excluding hydrogens is 272 g/mol. The Morgan fingerprint density at radius 2 is 1.43 bits per heavy atom. The zero-order valence-electron chi connectivity index (χ0n) is 13.7. The minimum absolute atomic E-state index is 0.147. The molecule has 0 heterocycles. The molecule has 0 aromatic carbocycles. The number of allylic oxidation sites excluding steroid dienone is 2. The van der Waals surface area contributed by atoms with Crippen molar-refractivity contribution in [2.75, 3.05) is 7.11 Å². The van der Waals surface area contributed by atoms with Gasteiger partial charge in [-0.05, 0) is 23.0 Å². The topological polar surface area (TPSA) is 72.8 Å². The average molecular weight is 296 g/mol. The van der Waals surface area contributed by atoms with E-state index in [9.17, 15) is 14.8 Å². The number of Topliss-reactive ketones (excluding diaryl/α,β-unsaturated/α-hetero) is 1. The van der Waals surface area contributed by atoms with E-state index >= 15 is 0 Å². The Morgan fingerprint density at radius 1 is 1.05 bits per heavy atom. The van der Waals surface area contributed by atoms with Gasteiger partial charge in [-0.15, -0.1) is 0 Å². The van der Waals surface area contributed by atoms with Gasteiger partial charge in [-0.3, -0.25) is 4.79 Å². The summed E-state index contributed by atoms with van der Waals surface area (Å²) in [5.41, 5.74) is -1.96. The quantitative estimate of drug-likeness (QED) is 0.482. The van der Waals surface area contributed by atoms with Gasteiger partial charge in [0.1, 0.15) is 0 Å². The molecule has 5 heteroatoms. The fourth-order valence-corrected chi connectivity index (χ4v) is 2.23. The fourth-order valence-electron chi connectivity index (χ4n) is 2.23. The van der Waals surface area contributed by atoms with E-state index in [0.29, 0.717) is 11.1 Å². The number of hydrogen-bond donors (Lipinski definition) is 1. The zero-order valence-corrected chi connectivity index (χ0v) is 13.7. The molecule has 0 radical (unpaired) electrons. The van der Waals surface area contributed by atoms with E-state index in [0.717, 1.165) is 0 Å². The van der Waals surface area contributed by atoms with Crippen molar-refractivity contribution in [2.24, 2.45) is 10.8 Å². The van der Waals surface area contributed by atoms with Crippen molar-refractivity contribution in [2.45, 2.75) is 47.1 Å². The van der Waals surface area contributed by atoms with Gasteiger partial charge >= 0.3 is 5.97 Å². The maximum Gasteiger partial charge on any atom is 0.349 e. The van der Waals surface area contributed by atoms with Crippen LogP contribution in [0, 0.1) is 10.8 Å². The molecule has 1 N–H and O–H groups in total. The first-order valence-electron chi connectivity index (χ1n) is 6.81. The summed E-state index contributed by atoms with van der Waals surface area (Å²) in [6.45, 7) is 11.2. The molecule has 0 aromatic heterocycles. The molecule has 21 heavy (non-hydrogen) atoms. The van der Waals surface area contributed by atoms with Crippen LogP contribution in [0.4, 0.5) is 0 Å². The summed E-state index contributed by atoms with van der Waals surface area (Å²) in [7, 11) is 1.20. The zero-order chi connectivity index (χ0) is 16.6. The lowest BCUT2D eigenvalue weighted by Crippen LogP contribution is -2.44. The summed E-state index contributed by atoms with van der Waals surface area (Å²) >= 11 is 0. The predicted octanol–water partition coefficient (Wildman–Crippen LogP) is 2.92. The summed E-state index contributed by atoms with van der Waals surface area (Å²) in [4.78, 5) is 29.2. The molecule has 0 spiro atoms. The molecule has 0 aliphatic heterocycles. The monoisotopic (exact) mass is 296 g/mol. The van der Waals surface area contributed by atoms with Crippen molar-refractivity contribution in [1.82, 2.24) is 0 Å². The molecule has 0 amide bonds. The first-order valence-corrected chi connectivity index (χ1v) is 6.81. The minimum Gasteiger partial charge on any atom is -0.466 e. The Hall–Kier alpha value is -1.46. The van der Waals surface area contributed by atoms with Gasteiger partial charge in [0.05, 0.1) is 7.11 Å². The van der Waals surface area contributed by atoms with Crippen LogP contribution in [0.2, 0.25) is 0 Å². The second kappa shape index (κ2) is 5.39. The third-order valence-corrected chi connectivity index (χ3v) is 3.48. The summed E-state index contributed by atoms with van der Waals surface area (Å²) in [5, 5.41) is 9.30. The van der Waals surface area contributed by atoms with Crippen LogP contribution in [0.3, 0.4) is 0 Å². The Labute approximate surface area is 125 Å². The molecule has 0 atom stereocenters. The van der Waals surface area contributed by atoms with Crippen LogP contribution in [0.1, 0.15) is 41.5 Å². The number of hydrogen-bond acceptors (Lipinski definition) is 5. The first kappa shape index (κ1) is 17.6. The fraction of sp³-hybridized carbons (Fsp3) is 0.625. The van der Waals surface area contributed by atoms with E-state index in [1.165, 1.54) is 19.3 Å². The molecule has 0 unspecified atom stereocenters. The van der Waals surface area contributed by atoms with Crippen molar-refractivity contribution in [3.05, 3.63) is 23.3 Å². The van der Waals surface area contributed by atoms with Crippen LogP contribution in [0.25, 0.3) is 0 Å². The van der Waals surface area contributed by atoms with Crippen molar-refractivity contribution in [1.29, 1.82) is 0 Å². The summed E-state index contributed by atoms with van der Waals surface area (Å²) < 4.78 is 4.72. The number of carbonyl (C=O) groups is 2. The Kier molecular flexibility index (Phi) is 4.51. The molecule has 1 aliphatic rings. The molecule has 0 saturated heterocycles. The highest BCUT2D eigenvalue weighted by Gasteiger charge is 2.47. The second-order valence-electron chi connectivity index (χ2n) is 7.32. The van der Waals surface area contributed by atoms with Crippen LogP contribution in [-0.2, 0) is 19.2 Å². The number of esters is 1. The molecule has 5 nitrogen and oxygen atoms in total. The first-order chi connectivity index (χ1) is 9.39. The molecule has 0 bridgehead atoms. The number of ketones is 1. The van der Waals surface area contributed by atoms with E-state index in [4.69, 9.17) is 4.74 Å². The number of rotatable bonds is 2. The van der Waals surface area contributed by atoms with E-state index in [1.54, 1.807) is 0 Å². The largest absolute Gasteiger partial charge is 0.466 e. The van der Waals surface area contributed by atoms with Crippen molar-refractivity contribution >= 4 is 11.8 Å². The van der Waals surface area contributed by atoms with Gasteiger partial charge in [-0.25, -0.2) is 14.9 Å². The Bertz CT molecular complexity index is 478. The highest BCUT2D eigenvalue weighted by Crippen LogP contribution is 2.41. The summed E-state index contributed by atoms with van der Waals surface area (Å²) in [6.07, 6.45) is 2.69. The smallest absolute Gasteiger partial charge is 0.349 e. The normalized spacial score (nSPS) is 19.0. The van der Waals surface area contributed by atoms with Crippen molar-refractivity contribution < 1.29 is 24.5 Å². The van der Waals surface area contributed by atoms with Gasteiger partial charge < -0.3 is 4.74 Å². The van der Waals surface area contributed by atoms with Gasteiger partial charge in [0.2, 0.25) is 5.60 Å². The number of carbonyl (C=O) groups excluding carboxylic acids is 2. The molecular formula is C16H24O5. The van der Waals surface area contributed by atoms with Crippen LogP contribution in [0.5, 0.6) is 0 Å². The minimum atomic E-state index is -1.78. The van der Waals surface area contributed by atoms with Crippen molar-refractivity contribution in [3.8, 4) is 0 Å². The molecule has 0 saturated carbocycles. The maximum atomic E-state index is 12.7. The van der Waals surface area contributed by atoms with Crippen LogP contribution in [0.15, 0.2) is 23.3 Å². The third kappa shape index (κ3) is 3.24. The van der Waals surface area contributed by atoms with E-state index in [1.807, 2.05) is 41.5 Å². The molecule has 118 valence electrons. The number of methoxy groups -OCH3 is 1. The highest BCUT2D eigenvalue weighted by molar-refractivity contribution is 6.12. The summed E-state index contributed by atoms with van der Waals surface area (Å²) in [6, 6.07) is 0. The predicted molar refractivity (Wildman–Crippen MR) is 78.5 cm³/mol. The van der Waals surface area contributed by atoms with Crippen LogP contribution >= 0.6 is 0 Å². The SMILES string of the molecule is COC(=O)C1(OO)C=C(C(C)(C)C)C(=O)C(C(C)(C)C)=C1. The van der Waals surface area contributed by atoms with Crippen molar-refractivity contribution in [3.63, 3.8) is 0 Å². The van der Waals surface area contributed by atoms with E-state index in [-0.39, 0.29) is 5.78 Å². The number of ether oxygens (including phenoxy) is 1. The molecule has 1 rings (SSSR count). The van der Waals surface area contributed by atoms with E-state index < -0.39 is 22.4 Å². The Morgan fingerprint density at radius 3 is 1.67 bits per heavy atom. The Balaban J connectivity index is 3.62. The van der Waals surface area contributed by atoms with E-state index in [2.05, 4.69) is 4.89 Å². The molecule has 1 aliphatic carbocycles. The second-order valence-corrected chi connectivity index (χ2v) is 7.32. The van der Waals surface area contributed by atoms with Gasteiger partial charge in [0.15, 0.2) is 5.78 Å². The standard InChI is InChI=1S/C16H24O5/c1-14(2,3)10-8-16(21-19,13(18)20-7)9-11(12(10)17)15(4,5)6/h8-9,19H,1-7H3. The highest BCUT2D eigenvalue weighted by atomic mass is 17.1. The maximum absolute atomic E-state index is 12.7. The average Bonchev–Trinajstić information content (AvgIpc) is 2.35. The lowest BCUT2D eigenvalue weighted by atomic mass is 9.70. The summed E-state index contributed by atoms with van der Waals surface area (Å²) in [5.74, 6) is -0.924. The third-order valence-electron chi connectivity index (χ3n) is 3.48. The van der Waals surface area contributed by atoms with Gasteiger partial charge in [0.25, 0.3) is 0 Å². The van der Waals surface area contributed by atoms with Crippen LogP contribution in [-0.4, -0.2) is 29.7 Å². The van der Waals surface area contributed by atoms with Crippen LogP contribution < -0.4 is 0 Å². The van der Waals surface area contributed by atoms with Gasteiger partial charge in [-0.1, -0.05) is 41.5 Å². The molecule has 0 aromatic rings.